The van der Waals surface area contributed by atoms with Gasteiger partial charge in [-0.15, -0.1) is 0 Å². The quantitative estimate of drug-likeness (QED) is 0.330. The van der Waals surface area contributed by atoms with E-state index in [0.717, 1.165) is 69.0 Å². The molecule has 6 aliphatic rings. The monoisotopic (exact) mass is 634 g/mol. The van der Waals surface area contributed by atoms with Gasteiger partial charge < -0.3 is 14.9 Å². The number of hydrogen-bond acceptors (Lipinski definition) is 3. The molecule has 4 saturated carbocycles. The van der Waals surface area contributed by atoms with Crippen LogP contribution in [0.1, 0.15) is 113 Å². The molecular formula is C40H59ClN2O2. The Balaban J connectivity index is 1.14. The lowest BCUT2D eigenvalue weighted by Gasteiger charge is -2.71. The highest BCUT2D eigenvalue weighted by Gasteiger charge is 2.68. The molecule has 0 aromatic heterocycles. The summed E-state index contributed by atoms with van der Waals surface area (Å²) in [5.41, 5.74) is 3.47. The topological polar surface area (TPSA) is 43.8 Å². The van der Waals surface area contributed by atoms with Crippen molar-refractivity contribution in [3.05, 3.63) is 40.9 Å². The minimum Gasteiger partial charge on any atom is -0.393 e. The first-order valence-corrected chi connectivity index (χ1v) is 18.6. The zero-order valence-corrected chi connectivity index (χ0v) is 30.0. The molecule has 5 aliphatic carbocycles. The van der Waals surface area contributed by atoms with Crippen LogP contribution in [0.2, 0.25) is 5.02 Å². The number of allylic oxidation sites excluding steroid dienone is 2. The van der Waals surface area contributed by atoms with Gasteiger partial charge in [0.25, 0.3) is 0 Å². The van der Waals surface area contributed by atoms with E-state index in [1.165, 1.54) is 32.1 Å². The number of benzene rings is 1. The Labute approximate surface area is 278 Å². The molecule has 1 aromatic carbocycles. The molecule has 0 spiro atoms. The zero-order chi connectivity index (χ0) is 32.2. The molecule has 0 unspecified atom stereocenters. The maximum absolute atomic E-state index is 14.4. The Bertz CT molecular complexity index is 1380. The van der Waals surface area contributed by atoms with Gasteiger partial charge in [-0.2, -0.15) is 0 Å². The summed E-state index contributed by atoms with van der Waals surface area (Å²) in [5, 5.41) is 11.9. The molecule has 45 heavy (non-hydrogen) atoms. The molecule has 5 fully saturated rings. The second-order valence-electron chi connectivity index (χ2n) is 18.4. The predicted octanol–water partition coefficient (Wildman–Crippen LogP) is 9.15. The van der Waals surface area contributed by atoms with Gasteiger partial charge in [-0.1, -0.05) is 83.8 Å². The second-order valence-corrected chi connectivity index (χ2v) is 18.8. The van der Waals surface area contributed by atoms with E-state index >= 15 is 0 Å². The van der Waals surface area contributed by atoms with E-state index in [-0.39, 0.29) is 38.6 Å². The van der Waals surface area contributed by atoms with Crippen molar-refractivity contribution in [3.63, 3.8) is 0 Å². The van der Waals surface area contributed by atoms with Gasteiger partial charge in [-0.25, -0.2) is 0 Å². The second kappa shape index (κ2) is 10.5. The van der Waals surface area contributed by atoms with E-state index in [0.29, 0.717) is 23.7 Å². The molecule has 1 amide bonds. The van der Waals surface area contributed by atoms with Crippen LogP contribution in [0.25, 0.3) is 0 Å². The van der Waals surface area contributed by atoms with E-state index in [4.69, 9.17) is 11.6 Å². The summed E-state index contributed by atoms with van der Waals surface area (Å²) < 4.78 is 0. The lowest BCUT2D eigenvalue weighted by atomic mass is 9.33. The van der Waals surface area contributed by atoms with Gasteiger partial charge in [0, 0.05) is 31.6 Å². The number of anilines is 1. The molecule has 4 nitrogen and oxygen atoms in total. The highest BCUT2D eigenvalue weighted by molar-refractivity contribution is 6.33. The van der Waals surface area contributed by atoms with E-state index in [2.05, 4.69) is 70.4 Å². The van der Waals surface area contributed by atoms with Crippen molar-refractivity contribution >= 4 is 23.2 Å². The minimum atomic E-state index is -0.305. The third kappa shape index (κ3) is 4.49. The number of rotatable bonds is 2. The Morgan fingerprint density at radius 3 is 2.24 bits per heavy atom. The van der Waals surface area contributed by atoms with E-state index in [9.17, 15) is 9.90 Å². The molecule has 0 radical (unpaired) electrons. The first-order chi connectivity index (χ1) is 21.1. The van der Waals surface area contributed by atoms with Crippen molar-refractivity contribution in [1.29, 1.82) is 0 Å². The molecular weight excluding hydrogens is 576 g/mol. The summed E-state index contributed by atoms with van der Waals surface area (Å²) in [5.74, 6) is 2.09. The van der Waals surface area contributed by atoms with Gasteiger partial charge >= 0.3 is 0 Å². The number of hydrogen-bond donors (Lipinski definition) is 1. The molecule has 0 bridgehead atoms. The SMILES string of the molecule is CC1(C)[C@@H](O)CC[C@]2(C)[C@H]3CC=C4[C@@H]5C[C@@](C)(C(=O)N6CCN(c7ccccc7Cl)CC6)CC[C@]5(C)CC[C@@]4(C)[C@]3(C)CC[C@@H]12. The summed E-state index contributed by atoms with van der Waals surface area (Å²) in [6.07, 6.45) is 14.0. The summed E-state index contributed by atoms with van der Waals surface area (Å²) in [4.78, 5) is 18.9. The van der Waals surface area contributed by atoms with Crippen LogP contribution in [0.3, 0.4) is 0 Å². The van der Waals surface area contributed by atoms with Crippen LogP contribution >= 0.6 is 11.6 Å². The van der Waals surface area contributed by atoms with Crippen LogP contribution in [0.5, 0.6) is 0 Å². The summed E-state index contributed by atoms with van der Waals surface area (Å²) >= 11 is 6.52. The lowest BCUT2D eigenvalue weighted by molar-refractivity contribution is -0.203. The van der Waals surface area contributed by atoms with Gasteiger partial charge in [0.2, 0.25) is 5.91 Å². The normalized spacial score (nSPS) is 45.8. The van der Waals surface area contributed by atoms with Gasteiger partial charge in [-0.3, -0.25) is 4.79 Å². The number of nitrogens with zero attached hydrogens (tertiary/aromatic N) is 2. The average molecular weight is 635 g/mol. The molecule has 1 N–H and O–H groups in total. The molecule has 9 atom stereocenters. The van der Waals surface area contributed by atoms with Gasteiger partial charge in [0.05, 0.1) is 16.8 Å². The lowest BCUT2D eigenvalue weighted by Crippen LogP contribution is -2.64. The number of para-hydroxylation sites is 1. The molecule has 1 aliphatic heterocycles. The van der Waals surface area contributed by atoms with Crippen LogP contribution in [0.4, 0.5) is 5.69 Å². The third-order valence-electron chi connectivity index (χ3n) is 16.1. The van der Waals surface area contributed by atoms with Crippen molar-refractivity contribution < 1.29 is 9.90 Å². The van der Waals surface area contributed by atoms with E-state index in [1.807, 2.05) is 18.2 Å². The van der Waals surface area contributed by atoms with Crippen LogP contribution < -0.4 is 4.90 Å². The first kappa shape index (κ1) is 32.0. The van der Waals surface area contributed by atoms with Crippen molar-refractivity contribution in [2.45, 2.75) is 119 Å². The van der Waals surface area contributed by atoms with Gasteiger partial charge in [0.1, 0.15) is 0 Å². The first-order valence-electron chi connectivity index (χ1n) is 18.3. The Morgan fingerprint density at radius 2 is 1.53 bits per heavy atom. The van der Waals surface area contributed by atoms with Gasteiger partial charge in [0.15, 0.2) is 0 Å². The van der Waals surface area contributed by atoms with E-state index < -0.39 is 0 Å². The number of aliphatic hydroxyl groups excluding tert-OH is 1. The van der Waals surface area contributed by atoms with Crippen molar-refractivity contribution in [1.82, 2.24) is 4.90 Å². The average Bonchev–Trinajstić information content (AvgIpc) is 3.00. The van der Waals surface area contributed by atoms with Crippen LogP contribution in [0.15, 0.2) is 35.9 Å². The molecule has 1 aromatic rings. The third-order valence-corrected chi connectivity index (χ3v) is 16.4. The molecule has 5 heteroatoms. The fourth-order valence-corrected chi connectivity index (χ4v) is 13.0. The Morgan fingerprint density at radius 1 is 0.844 bits per heavy atom. The van der Waals surface area contributed by atoms with Crippen LogP contribution in [-0.4, -0.2) is 48.2 Å². The van der Waals surface area contributed by atoms with Crippen molar-refractivity contribution in [2.75, 3.05) is 31.1 Å². The highest BCUT2D eigenvalue weighted by atomic mass is 35.5. The minimum absolute atomic E-state index is 0.0191. The smallest absolute Gasteiger partial charge is 0.228 e. The summed E-state index contributed by atoms with van der Waals surface area (Å²) in [6, 6.07) is 8.08. The number of halogens is 1. The van der Waals surface area contributed by atoms with Crippen LogP contribution in [-0.2, 0) is 4.79 Å². The maximum atomic E-state index is 14.4. The molecule has 7 rings (SSSR count). The van der Waals surface area contributed by atoms with Crippen molar-refractivity contribution in [3.8, 4) is 0 Å². The number of piperazine rings is 1. The van der Waals surface area contributed by atoms with Gasteiger partial charge in [-0.05, 0) is 121 Å². The Hall–Kier alpha value is -1.52. The fraction of sp³-hybridized carbons (Fsp3) is 0.775. The molecule has 1 heterocycles. The fourth-order valence-electron chi connectivity index (χ4n) is 12.8. The molecule has 248 valence electrons. The van der Waals surface area contributed by atoms with Crippen molar-refractivity contribution in [2.24, 2.45) is 50.2 Å². The maximum Gasteiger partial charge on any atom is 0.228 e. The van der Waals surface area contributed by atoms with Crippen LogP contribution in [0, 0.1) is 50.2 Å². The highest BCUT2D eigenvalue weighted by Crippen LogP contribution is 2.75. The number of fused-ring (bicyclic) bond motifs is 7. The zero-order valence-electron chi connectivity index (χ0n) is 29.2. The largest absolute Gasteiger partial charge is 0.393 e. The molecule has 1 saturated heterocycles. The predicted molar refractivity (Wildman–Crippen MR) is 185 cm³/mol. The number of carbonyl (C=O) groups excluding carboxylic acids is 1. The Kier molecular flexibility index (Phi) is 7.47. The standard InChI is InChI=1S/C40H59ClN2O2/c1-35(2)31-14-17-40(7)32(38(31,5)16-15-33(35)44)13-12-27-28-26-37(4,19-18-36(28,3)20-21-39(27,40)6)34(45)43-24-22-42(23-25-43)30-11-9-8-10-29(30)41/h8-12,28,31-33,44H,13-26H2,1-7H3/t28-,31-,32+,33-,36+,37-,38-,39+,40+/m0/s1. The number of aliphatic hydroxyl groups is 1. The van der Waals surface area contributed by atoms with E-state index in [1.54, 1.807) is 5.57 Å². The number of carbonyl (C=O) groups is 1. The summed E-state index contributed by atoms with van der Waals surface area (Å²) in [7, 11) is 0. The summed E-state index contributed by atoms with van der Waals surface area (Å²) in [6.45, 7) is 20.7. The number of amides is 1.